The lowest BCUT2D eigenvalue weighted by molar-refractivity contribution is 0.143. The van der Waals surface area contributed by atoms with Crippen molar-refractivity contribution < 1.29 is 8.42 Å². The number of hydrogen-bond donors (Lipinski definition) is 0. The van der Waals surface area contributed by atoms with Crippen LogP contribution in [0, 0.1) is 27.7 Å². The maximum absolute atomic E-state index is 13.4. The van der Waals surface area contributed by atoms with Gasteiger partial charge in [0.05, 0.1) is 10.6 Å². The van der Waals surface area contributed by atoms with E-state index in [9.17, 15) is 8.42 Å². The Morgan fingerprint density at radius 2 is 1.56 bits per heavy atom. The topological polar surface area (TPSA) is 53.5 Å². The molecule has 6 heteroatoms. The van der Waals surface area contributed by atoms with E-state index in [1.54, 1.807) is 10.5 Å². The molecule has 1 atom stereocenters. The molecule has 146 valence electrons. The fourth-order valence-electron chi connectivity index (χ4n) is 3.84. The minimum atomic E-state index is -3.49. The predicted molar refractivity (Wildman–Crippen MR) is 108 cm³/mol. The maximum atomic E-state index is 13.4. The van der Waals surface area contributed by atoms with Gasteiger partial charge in [-0.05, 0) is 69.0 Å². The third-order valence-corrected chi connectivity index (χ3v) is 8.01. The van der Waals surface area contributed by atoms with E-state index in [0.717, 1.165) is 27.9 Å². The molecule has 1 aromatic carbocycles. The van der Waals surface area contributed by atoms with Gasteiger partial charge in [0.1, 0.15) is 0 Å². The van der Waals surface area contributed by atoms with Crippen LogP contribution in [0.1, 0.15) is 40.9 Å². The summed E-state index contributed by atoms with van der Waals surface area (Å²) >= 11 is 0. The van der Waals surface area contributed by atoms with Crippen LogP contribution < -0.4 is 0 Å². The second kappa shape index (κ2) is 7.70. The van der Waals surface area contributed by atoms with Crippen LogP contribution in [0.25, 0.3) is 0 Å². The van der Waals surface area contributed by atoms with Crippen molar-refractivity contribution in [1.29, 1.82) is 0 Å². The van der Waals surface area contributed by atoms with Crippen molar-refractivity contribution in [2.45, 2.75) is 45.6 Å². The lowest BCUT2D eigenvalue weighted by Crippen LogP contribution is -2.49. The van der Waals surface area contributed by atoms with Crippen molar-refractivity contribution in [3.63, 3.8) is 0 Å². The standard InChI is InChI=1S/C21H29N3O2S/c1-15-14-16(2)18(4)21(17(15)3)27(25,26)24-12-10-23(11-13-24)19(5)20-8-6-7-9-22-20/h6-9,14,19H,10-13H2,1-5H3. The van der Waals surface area contributed by atoms with Crippen LogP contribution in [0.2, 0.25) is 0 Å². The lowest BCUT2D eigenvalue weighted by Gasteiger charge is -2.37. The third-order valence-electron chi connectivity index (χ3n) is 5.83. The number of nitrogens with zero attached hydrogens (tertiary/aromatic N) is 3. The molecule has 1 saturated heterocycles. The summed E-state index contributed by atoms with van der Waals surface area (Å²) in [6.45, 7) is 12.3. The van der Waals surface area contributed by atoms with Gasteiger partial charge in [0, 0.05) is 38.4 Å². The summed E-state index contributed by atoms with van der Waals surface area (Å²) in [4.78, 5) is 7.23. The molecular weight excluding hydrogens is 358 g/mol. The van der Waals surface area contributed by atoms with Gasteiger partial charge in [0.15, 0.2) is 0 Å². The smallest absolute Gasteiger partial charge is 0.243 e. The molecule has 1 aliphatic heterocycles. The Bertz CT molecular complexity index is 892. The summed E-state index contributed by atoms with van der Waals surface area (Å²) in [6.07, 6.45) is 1.80. The Labute approximate surface area is 163 Å². The normalized spacial score (nSPS) is 17.8. The van der Waals surface area contributed by atoms with Crippen molar-refractivity contribution in [3.05, 3.63) is 58.4 Å². The van der Waals surface area contributed by atoms with Gasteiger partial charge >= 0.3 is 0 Å². The third kappa shape index (κ3) is 3.79. The largest absolute Gasteiger partial charge is 0.292 e. The number of pyridine rings is 1. The quantitative estimate of drug-likeness (QED) is 0.807. The number of sulfonamides is 1. The first-order valence-corrected chi connectivity index (χ1v) is 10.9. The zero-order valence-electron chi connectivity index (χ0n) is 16.9. The minimum absolute atomic E-state index is 0.181. The van der Waals surface area contributed by atoms with E-state index >= 15 is 0 Å². The van der Waals surface area contributed by atoms with E-state index in [4.69, 9.17) is 0 Å². The highest BCUT2D eigenvalue weighted by Crippen LogP contribution is 2.30. The molecule has 0 radical (unpaired) electrons. The Morgan fingerprint density at radius 1 is 0.963 bits per heavy atom. The Balaban J connectivity index is 1.80. The van der Waals surface area contributed by atoms with Crippen molar-refractivity contribution in [3.8, 4) is 0 Å². The molecule has 1 aliphatic rings. The molecule has 1 fully saturated rings. The molecule has 1 aromatic heterocycles. The Kier molecular flexibility index (Phi) is 5.70. The number of benzene rings is 1. The average molecular weight is 388 g/mol. The summed E-state index contributed by atoms with van der Waals surface area (Å²) in [7, 11) is -3.49. The fourth-order valence-corrected chi connectivity index (χ4v) is 5.84. The first-order valence-electron chi connectivity index (χ1n) is 9.46. The Morgan fingerprint density at radius 3 is 2.07 bits per heavy atom. The molecule has 1 unspecified atom stereocenters. The van der Waals surface area contributed by atoms with Gasteiger partial charge in [-0.2, -0.15) is 4.31 Å². The first kappa shape index (κ1) is 20.0. The Hall–Kier alpha value is -1.76. The van der Waals surface area contributed by atoms with E-state index in [-0.39, 0.29) is 6.04 Å². The number of aromatic nitrogens is 1. The number of rotatable bonds is 4. The van der Waals surface area contributed by atoms with E-state index in [1.807, 2.05) is 45.9 Å². The second-order valence-electron chi connectivity index (χ2n) is 7.46. The molecule has 27 heavy (non-hydrogen) atoms. The predicted octanol–water partition coefficient (Wildman–Crippen LogP) is 3.38. The summed E-state index contributed by atoms with van der Waals surface area (Å²) in [5, 5.41) is 0. The number of hydrogen-bond acceptors (Lipinski definition) is 4. The zero-order chi connectivity index (χ0) is 19.8. The van der Waals surface area contributed by atoms with E-state index < -0.39 is 10.0 Å². The molecule has 2 heterocycles. The van der Waals surface area contributed by atoms with Crippen molar-refractivity contribution in [2.24, 2.45) is 0 Å². The van der Waals surface area contributed by atoms with E-state index in [0.29, 0.717) is 31.1 Å². The van der Waals surface area contributed by atoms with Crippen molar-refractivity contribution >= 4 is 10.0 Å². The molecule has 2 aromatic rings. The molecule has 0 amide bonds. The molecule has 5 nitrogen and oxygen atoms in total. The highest BCUT2D eigenvalue weighted by atomic mass is 32.2. The molecule has 0 aliphatic carbocycles. The van der Waals surface area contributed by atoms with Crippen LogP contribution in [-0.2, 0) is 10.0 Å². The van der Waals surface area contributed by atoms with Crippen LogP contribution in [0.4, 0.5) is 0 Å². The summed E-state index contributed by atoms with van der Waals surface area (Å²) in [5.74, 6) is 0. The van der Waals surface area contributed by atoms with Gasteiger partial charge in [0.25, 0.3) is 0 Å². The molecule has 0 spiro atoms. The van der Waals surface area contributed by atoms with Gasteiger partial charge < -0.3 is 0 Å². The molecule has 0 saturated carbocycles. The summed E-state index contributed by atoms with van der Waals surface area (Å²) in [5.41, 5.74) is 4.80. The molecule has 0 N–H and O–H groups in total. The average Bonchev–Trinajstić information content (AvgIpc) is 2.66. The highest BCUT2D eigenvalue weighted by molar-refractivity contribution is 7.89. The highest BCUT2D eigenvalue weighted by Gasteiger charge is 2.33. The van der Waals surface area contributed by atoms with Crippen molar-refractivity contribution in [2.75, 3.05) is 26.2 Å². The number of piperazine rings is 1. The molecule has 0 bridgehead atoms. The molecular formula is C21H29N3O2S. The fraction of sp³-hybridized carbons (Fsp3) is 0.476. The molecule has 3 rings (SSSR count). The van der Waals surface area contributed by atoms with E-state index in [1.165, 1.54) is 0 Å². The minimum Gasteiger partial charge on any atom is -0.292 e. The summed E-state index contributed by atoms with van der Waals surface area (Å²) < 4.78 is 28.4. The van der Waals surface area contributed by atoms with Gasteiger partial charge in [0.2, 0.25) is 10.0 Å². The van der Waals surface area contributed by atoms with Crippen LogP contribution in [-0.4, -0.2) is 48.8 Å². The van der Waals surface area contributed by atoms with Crippen LogP contribution in [0.5, 0.6) is 0 Å². The van der Waals surface area contributed by atoms with Crippen LogP contribution >= 0.6 is 0 Å². The second-order valence-corrected chi connectivity index (χ2v) is 9.33. The lowest BCUT2D eigenvalue weighted by atomic mass is 10.0. The van der Waals surface area contributed by atoms with Gasteiger partial charge in [-0.15, -0.1) is 0 Å². The van der Waals surface area contributed by atoms with E-state index in [2.05, 4.69) is 22.9 Å². The van der Waals surface area contributed by atoms with Gasteiger partial charge in [-0.3, -0.25) is 9.88 Å². The van der Waals surface area contributed by atoms with Gasteiger partial charge in [-0.1, -0.05) is 12.1 Å². The van der Waals surface area contributed by atoms with Crippen LogP contribution in [0.15, 0.2) is 35.4 Å². The maximum Gasteiger partial charge on any atom is 0.243 e. The van der Waals surface area contributed by atoms with Gasteiger partial charge in [-0.25, -0.2) is 8.42 Å². The van der Waals surface area contributed by atoms with Crippen molar-refractivity contribution in [1.82, 2.24) is 14.2 Å². The number of aryl methyl sites for hydroxylation is 2. The SMILES string of the molecule is Cc1cc(C)c(C)c(S(=O)(=O)N2CCN(C(C)c3ccccn3)CC2)c1C. The zero-order valence-corrected chi connectivity index (χ0v) is 17.7. The monoisotopic (exact) mass is 387 g/mol. The first-order chi connectivity index (χ1) is 12.7. The summed E-state index contributed by atoms with van der Waals surface area (Å²) in [6, 6.07) is 8.17. The van der Waals surface area contributed by atoms with Crippen LogP contribution in [0.3, 0.4) is 0 Å².